The molecule has 0 radical (unpaired) electrons. The van der Waals surface area contributed by atoms with Crippen molar-refractivity contribution >= 4 is 35.0 Å². The highest BCUT2D eigenvalue weighted by molar-refractivity contribution is 7.98. The lowest BCUT2D eigenvalue weighted by atomic mass is 10.3. The van der Waals surface area contributed by atoms with Gasteiger partial charge >= 0.3 is 5.69 Å². The van der Waals surface area contributed by atoms with Crippen LogP contribution in [0.4, 0.5) is 0 Å². The molecule has 1 aromatic carbocycles. The molecule has 0 aliphatic carbocycles. The van der Waals surface area contributed by atoms with Gasteiger partial charge in [0.2, 0.25) is 5.88 Å². The topological polar surface area (TPSA) is 58.0 Å². The lowest BCUT2D eigenvalue weighted by Crippen LogP contribution is -2.14. The third-order valence-electron chi connectivity index (χ3n) is 2.67. The molecule has 0 spiro atoms. The largest absolute Gasteiger partial charge is 0.493 e. The fourth-order valence-corrected chi connectivity index (χ4v) is 2.53. The molecule has 2 aromatic rings. The Bertz CT molecular complexity index is 652. The van der Waals surface area contributed by atoms with Crippen LogP contribution < -0.4 is 5.69 Å². The quantitative estimate of drug-likeness (QED) is 0.910. The van der Waals surface area contributed by atoms with Crippen molar-refractivity contribution < 1.29 is 5.11 Å². The molecule has 2 rings (SSSR count). The first kappa shape index (κ1) is 14.4. The Morgan fingerprint density at radius 3 is 2.84 bits per heavy atom. The molecule has 0 aliphatic heterocycles. The number of imidazole rings is 1. The summed E-state index contributed by atoms with van der Waals surface area (Å²) in [7, 11) is 0. The molecule has 1 heterocycles. The van der Waals surface area contributed by atoms with Crippen LogP contribution in [0, 0.1) is 0 Å². The maximum atomic E-state index is 11.9. The predicted octanol–water partition coefficient (Wildman–Crippen LogP) is 3.08. The maximum absolute atomic E-state index is 11.9. The molecular formula is C12H12Cl2N2O2S. The third kappa shape index (κ3) is 2.78. The van der Waals surface area contributed by atoms with Crippen molar-refractivity contribution in [2.45, 2.75) is 6.42 Å². The molecule has 7 heteroatoms. The van der Waals surface area contributed by atoms with E-state index in [0.29, 0.717) is 22.8 Å². The van der Waals surface area contributed by atoms with Gasteiger partial charge in [0, 0.05) is 6.42 Å². The number of aromatic hydroxyl groups is 1. The van der Waals surface area contributed by atoms with E-state index in [-0.39, 0.29) is 10.9 Å². The number of aryl methyl sites for hydroxylation is 1. The van der Waals surface area contributed by atoms with Gasteiger partial charge in [0.1, 0.15) is 0 Å². The van der Waals surface area contributed by atoms with Crippen molar-refractivity contribution in [1.29, 1.82) is 0 Å². The van der Waals surface area contributed by atoms with E-state index in [1.807, 2.05) is 6.26 Å². The summed E-state index contributed by atoms with van der Waals surface area (Å²) in [5.41, 5.74) is 0.427. The number of nitrogens with one attached hydrogen (secondary N) is 1. The Morgan fingerprint density at radius 1 is 1.42 bits per heavy atom. The van der Waals surface area contributed by atoms with Gasteiger partial charge in [-0.1, -0.05) is 29.3 Å². The third-order valence-corrected chi connectivity index (χ3v) is 4.09. The molecule has 1 aromatic heterocycles. The van der Waals surface area contributed by atoms with Crippen LogP contribution in [0.15, 0.2) is 23.0 Å². The van der Waals surface area contributed by atoms with Crippen LogP contribution in [-0.2, 0) is 6.42 Å². The minimum atomic E-state index is -0.433. The summed E-state index contributed by atoms with van der Waals surface area (Å²) in [5, 5.41) is 10.7. The molecule has 0 aliphatic rings. The second kappa shape index (κ2) is 5.94. The van der Waals surface area contributed by atoms with Crippen molar-refractivity contribution in [1.82, 2.24) is 9.55 Å². The summed E-state index contributed by atoms with van der Waals surface area (Å²) in [4.78, 5) is 14.6. The molecule has 0 bridgehead atoms. The Labute approximate surface area is 124 Å². The van der Waals surface area contributed by atoms with Crippen LogP contribution in [0.1, 0.15) is 5.69 Å². The van der Waals surface area contributed by atoms with Gasteiger partial charge in [-0.2, -0.15) is 11.8 Å². The summed E-state index contributed by atoms with van der Waals surface area (Å²) < 4.78 is 1.13. The standard InChI is InChI=1S/C12H12Cl2N2O2S/c1-19-6-5-8-11(17)16(12(18)15-8)9-4-2-3-7(13)10(9)14/h2-4,17H,5-6H2,1H3,(H,15,18). The zero-order valence-electron chi connectivity index (χ0n) is 10.1. The number of aromatic amines is 1. The molecule has 102 valence electrons. The first-order valence-electron chi connectivity index (χ1n) is 5.52. The van der Waals surface area contributed by atoms with Crippen LogP contribution in [0.3, 0.4) is 0 Å². The number of halogens is 2. The van der Waals surface area contributed by atoms with E-state index in [1.165, 1.54) is 0 Å². The number of rotatable bonds is 4. The number of hydrogen-bond donors (Lipinski definition) is 2. The molecule has 19 heavy (non-hydrogen) atoms. The molecule has 0 amide bonds. The van der Waals surface area contributed by atoms with Gasteiger partial charge in [0.25, 0.3) is 0 Å². The Morgan fingerprint density at radius 2 is 2.16 bits per heavy atom. The van der Waals surface area contributed by atoms with E-state index < -0.39 is 5.69 Å². The highest BCUT2D eigenvalue weighted by Gasteiger charge is 2.17. The monoisotopic (exact) mass is 318 g/mol. The van der Waals surface area contributed by atoms with Crippen LogP contribution in [0.25, 0.3) is 5.69 Å². The number of nitrogens with zero attached hydrogens (tertiary/aromatic N) is 1. The summed E-state index contributed by atoms with van der Waals surface area (Å²) >= 11 is 13.6. The fourth-order valence-electron chi connectivity index (χ4n) is 1.74. The van der Waals surface area contributed by atoms with Gasteiger partial charge in [-0.05, 0) is 24.1 Å². The molecule has 0 saturated heterocycles. The van der Waals surface area contributed by atoms with Gasteiger partial charge in [-0.3, -0.25) is 0 Å². The average molecular weight is 319 g/mol. The van der Waals surface area contributed by atoms with Crippen LogP contribution in [0.5, 0.6) is 5.88 Å². The molecule has 0 atom stereocenters. The Hall–Kier alpha value is -1.04. The smallest absolute Gasteiger partial charge is 0.333 e. The van der Waals surface area contributed by atoms with E-state index >= 15 is 0 Å². The van der Waals surface area contributed by atoms with Gasteiger partial charge < -0.3 is 10.1 Å². The van der Waals surface area contributed by atoms with Crippen molar-refractivity contribution in [2.75, 3.05) is 12.0 Å². The zero-order valence-corrected chi connectivity index (χ0v) is 12.4. The Kier molecular flexibility index (Phi) is 4.50. The molecule has 0 unspecified atom stereocenters. The first-order chi connectivity index (χ1) is 9.06. The van der Waals surface area contributed by atoms with E-state index in [2.05, 4.69) is 4.98 Å². The summed E-state index contributed by atoms with van der Waals surface area (Å²) in [6.45, 7) is 0. The van der Waals surface area contributed by atoms with E-state index in [9.17, 15) is 9.90 Å². The minimum Gasteiger partial charge on any atom is -0.493 e. The highest BCUT2D eigenvalue weighted by Crippen LogP contribution is 2.30. The van der Waals surface area contributed by atoms with E-state index in [0.717, 1.165) is 10.3 Å². The van der Waals surface area contributed by atoms with Crippen LogP contribution in [-0.4, -0.2) is 26.7 Å². The number of thioether (sulfide) groups is 1. The first-order valence-corrected chi connectivity index (χ1v) is 7.67. The van der Waals surface area contributed by atoms with Gasteiger partial charge in [0.15, 0.2) is 0 Å². The fraction of sp³-hybridized carbons (Fsp3) is 0.250. The molecule has 4 nitrogen and oxygen atoms in total. The Balaban J connectivity index is 2.54. The van der Waals surface area contributed by atoms with Gasteiger partial charge in [-0.25, -0.2) is 9.36 Å². The highest BCUT2D eigenvalue weighted by atomic mass is 35.5. The molecule has 0 fully saturated rings. The number of H-pyrrole nitrogens is 1. The number of aromatic nitrogens is 2. The van der Waals surface area contributed by atoms with Crippen LogP contribution in [0.2, 0.25) is 10.0 Å². The van der Waals surface area contributed by atoms with E-state index in [4.69, 9.17) is 23.2 Å². The summed E-state index contributed by atoms with van der Waals surface area (Å²) in [5.74, 6) is 0.680. The summed E-state index contributed by atoms with van der Waals surface area (Å²) in [6.07, 6.45) is 2.54. The number of hydrogen-bond acceptors (Lipinski definition) is 3. The second-order valence-corrected chi connectivity index (χ2v) is 5.65. The molecule has 0 saturated carbocycles. The van der Waals surface area contributed by atoms with Crippen molar-refractivity contribution in [2.24, 2.45) is 0 Å². The van der Waals surface area contributed by atoms with Gasteiger partial charge in [-0.15, -0.1) is 0 Å². The molecular weight excluding hydrogens is 307 g/mol. The van der Waals surface area contributed by atoms with Crippen LogP contribution >= 0.6 is 35.0 Å². The predicted molar refractivity (Wildman–Crippen MR) is 80.2 cm³/mol. The minimum absolute atomic E-state index is 0.122. The van der Waals surface area contributed by atoms with E-state index in [1.54, 1.807) is 30.0 Å². The lowest BCUT2D eigenvalue weighted by molar-refractivity contribution is 0.435. The van der Waals surface area contributed by atoms with Crippen molar-refractivity contribution in [3.63, 3.8) is 0 Å². The maximum Gasteiger partial charge on any atom is 0.333 e. The average Bonchev–Trinajstić information content (AvgIpc) is 2.66. The number of benzene rings is 1. The van der Waals surface area contributed by atoms with Crippen molar-refractivity contribution in [3.05, 3.63) is 44.4 Å². The van der Waals surface area contributed by atoms with Crippen molar-refractivity contribution in [3.8, 4) is 11.6 Å². The van der Waals surface area contributed by atoms with Gasteiger partial charge in [0.05, 0.1) is 21.4 Å². The summed E-state index contributed by atoms with van der Waals surface area (Å²) in [6, 6.07) is 4.92. The SMILES string of the molecule is CSCCc1[nH]c(=O)n(-c2cccc(Cl)c2Cl)c1O. The second-order valence-electron chi connectivity index (χ2n) is 3.88. The zero-order chi connectivity index (χ0) is 14.0. The molecule has 2 N–H and O–H groups in total. The normalized spacial score (nSPS) is 10.9. The lowest BCUT2D eigenvalue weighted by Gasteiger charge is -2.07.